The summed E-state index contributed by atoms with van der Waals surface area (Å²) in [6.45, 7) is 4.10. The minimum Gasteiger partial charge on any atom is -0.271 e. The van der Waals surface area contributed by atoms with Gasteiger partial charge in [0.2, 0.25) is 0 Å². The molecule has 0 fully saturated rings. The molecule has 0 aliphatic rings. The molecule has 0 heterocycles. The fourth-order valence-electron chi connectivity index (χ4n) is 1.94. The molecule has 2 nitrogen and oxygen atoms in total. The molecular weight excluding hydrogens is 241 g/mol. The lowest BCUT2D eigenvalue weighted by molar-refractivity contribution is -0.137. The lowest BCUT2D eigenvalue weighted by Gasteiger charge is -2.18. The number of hydrogen-bond donors (Lipinski definition) is 2. The van der Waals surface area contributed by atoms with Crippen LogP contribution in [0, 0.1) is 5.92 Å². The largest absolute Gasteiger partial charge is 0.416 e. The van der Waals surface area contributed by atoms with Crippen LogP contribution in [0.4, 0.5) is 13.2 Å². The molecule has 0 amide bonds. The van der Waals surface area contributed by atoms with Gasteiger partial charge in [0.05, 0.1) is 5.56 Å². The number of nitrogens with one attached hydrogen (secondary N) is 1. The number of alkyl halides is 3. The van der Waals surface area contributed by atoms with Gasteiger partial charge in [0.1, 0.15) is 0 Å². The van der Waals surface area contributed by atoms with Crippen LogP contribution in [0.2, 0.25) is 0 Å². The molecule has 18 heavy (non-hydrogen) atoms. The van der Waals surface area contributed by atoms with Gasteiger partial charge in [0.25, 0.3) is 0 Å². The minimum atomic E-state index is -4.29. The Morgan fingerprint density at radius 1 is 1.28 bits per heavy atom. The van der Waals surface area contributed by atoms with E-state index in [0.29, 0.717) is 17.9 Å². The van der Waals surface area contributed by atoms with E-state index in [1.807, 2.05) is 0 Å². The van der Waals surface area contributed by atoms with Crippen LogP contribution >= 0.6 is 0 Å². The van der Waals surface area contributed by atoms with Gasteiger partial charge in [-0.25, -0.2) is 0 Å². The summed E-state index contributed by atoms with van der Waals surface area (Å²) in [5.41, 5.74) is 2.69. The van der Waals surface area contributed by atoms with Gasteiger partial charge in [0, 0.05) is 6.04 Å². The highest BCUT2D eigenvalue weighted by Crippen LogP contribution is 2.29. The predicted molar refractivity (Wildman–Crippen MR) is 65.7 cm³/mol. The molecule has 1 rings (SSSR count). The molecule has 0 aromatic heterocycles. The molecule has 5 heteroatoms. The monoisotopic (exact) mass is 260 g/mol. The topological polar surface area (TPSA) is 38.0 Å². The van der Waals surface area contributed by atoms with Gasteiger partial charge in [-0.1, -0.05) is 32.0 Å². The number of nitrogens with two attached hydrogens (primary N) is 1. The van der Waals surface area contributed by atoms with E-state index < -0.39 is 11.7 Å². The normalized spacial score (nSPS) is 13.9. The van der Waals surface area contributed by atoms with Crippen molar-refractivity contribution in [1.29, 1.82) is 0 Å². The molecule has 0 aliphatic heterocycles. The molecule has 102 valence electrons. The second kappa shape index (κ2) is 6.20. The molecule has 0 spiro atoms. The van der Waals surface area contributed by atoms with Crippen molar-refractivity contribution in [2.45, 2.75) is 38.9 Å². The number of hydrogen-bond acceptors (Lipinski definition) is 2. The highest BCUT2D eigenvalue weighted by Gasteiger charge is 2.30. The highest BCUT2D eigenvalue weighted by atomic mass is 19.4. The van der Waals surface area contributed by atoms with E-state index in [2.05, 4.69) is 19.3 Å². The lowest BCUT2D eigenvalue weighted by atomic mass is 9.97. The number of benzene rings is 1. The van der Waals surface area contributed by atoms with Crippen molar-refractivity contribution in [3.05, 3.63) is 35.4 Å². The Labute approximate surface area is 105 Å². The van der Waals surface area contributed by atoms with Gasteiger partial charge in [-0.15, -0.1) is 0 Å². The molecule has 0 saturated carbocycles. The molecule has 1 unspecified atom stereocenters. The maximum atomic E-state index is 12.6. The highest BCUT2D eigenvalue weighted by molar-refractivity contribution is 5.26. The Balaban J connectivity index is 2.78. The molecule has 0 aliphatic carbocycles. The van der Waals surface area contributed by atoms with Crippen LogP contribution in [-0.4, -0.2) is 6.04 Å². The summed E-state index contributed by atoms with van der Waals surface area (Å²) in [4.78, 5) is 0. The minimum absolute atomic E-state index is 0.00603. The molecule has 0 saturated heterocycles. The van der Waals surface area contributed by atoms with Gasteiger partial charge in [-0.05, 0) is 30.4 Å². The van der Waals surface area contributed by atoms with Crippen molar-refractivity contribution in [1.82, 2.24) is 5.43 Å². The van der Waals surface area contributed by atoms with Crippen molar-refractivity contribution in [2.75, 3.05) is 0 Å². The number of halogens is 3. The van der Waals surface area contributed by atoms with E-state index in [-0.39, 0.29) is 6.04 Å². The average molecular weight is 260 g/mol. The van der Waals surface area contributed by atoms with Gasteiger partial charge < -0.3 is 0 Å². The van der Waals surface area contributed by atoms with Gasteiger partial charge in [0.15, 0.2) is 0 Å². The Hall–Kier alpha value is -1.07. The number of hydrazine groups is 1. The molecule has 0 radical (unpaired) electrons. The lowest BCUT2D eigenvalue weighted by Crippen LogP contribution is -2.37. The van der Waals surface area contributed by atoms with E-state index in [0.717, 1.165) is 12.5 Å². The average Bonchev–Trinajstić information content (AvgIpc) is 2.26. The third-order valence-electron chi connectivity index (χ3n) is 2.73. The van der Waals surface area contributed by atoms with Crippen molar-refractivity contribution >= 4 is 0 Å². The summed E-state index contributed by atoms with van der Waals surface area (Å²) < 4.78 is 37.7. The van der Waals surface area contributed by atoms with Crippen LogP contribution in [0.15, 0.2) is 24.3 Å². The zero-order chi connectivity index (χ0) is 13.8. The summed E-state index contributed by atoms with van der Waals surface area (Å²) in [6.07, 6.45) is -2.97. The first-order valence-electron chi connectivity index (χ1n) is 5.95. The Morgan fingerprint density at radius 3 is 2.44 bits per heavy atom. The summed E-state index contributed by atoms with van der Waals surface area (Å²) >= 11 is 0. The second-order valence-corrected chi connectivity index (χ2v) is 4.90. The number of rotatable bonds is 5. The van der Waals surface area contributed by atoms with E-state index in [1.54, 1.807) is 6.07 Å². The fourth-order valence-corrected chi connectivity index (χ4v) is 1.94. The maximum absolute atomic E-state index is 12.6. The van der Waals surface area contributed by atoms with Crippen molar-refractivity contribution in [2.24, 2.45) is 11.8 Å². The first kappa shape index (κ1) is 15.0. The summed E-state index contributed by atoms with van der Waals surface area (Å²) in [5.74, 6) is 5.86. The second-order valence-electron chi connectivity index (χ2n) is 4.90. The quantitative estimate of drug-likeness (QED) is 0.630. The van der Waals surface area contributed by atoms with Crippen LogP contribution in [-0.2, 0) is 12.6 Å². The third-order valence-corrected chi connectivity index (χ3v) is 2.73. The summed E-state index contributed by atoms with van der Waals surface area (Å²) in [6, 6.07) is 5.39. The molecular formula is C13H19F3N2. The van der Waals surface area contributed by atoms with Gasteiger partial charge >= 0.3 is 6.18 Å². The Kier molecular flexibility index (Phi) is 5.16. The van der Waals surface area contributed by atoms with Crippen molar-refractivity contribution < 1.29 is 13.2 Å². The van der Waals surface area contributed by atoms with Crippen LogP contribution in [0.1, 0.15) is 31.4 Å². The summed E-state index contributed by atoms with van der Waals surface area (Å²) in [7, 11) is 0. The molecule has 1 aromatic rings. The van der Waals surface area contributed by atoms with E-state index in [1.165, 1.54) is 12.1 Å². The Morgan fingerprint density at radius 2 is 1.94 bits per heavy atom. The Bertz CT molecular complexity index is 375. The standard InChI is InChI=1S/C13H19F3N2/c1-9(2)6-12(18-17)8-10-4-3-5-11(7-10)13(14,15)16/h3-5,7,9,12,18H,6,8,17H2,1-2H3. The van der Waals surface area contributed by atoms with Gasteiger partial charge in [-0.2, -0.15) is 13.2 Å². The van der Waals surface area contributed by atoms with Crippen LogP contribution < -0.4 is 11.3 Å². The zero-order valence-electron chi connectivity index (χ0n) is 10.6. The SMILES string of the molecule is CC(C)CC(Cc1cccc(C(F)(F)F)c1)NN. The first-order chi connectivity index (χ1) is 8.32. The molecule has 3 N–H and O–H groups in total. The van der Waals surface area contributed by atoms with Crippen molar-refractivity contribution in [3.63, 3.8) is 0 Å². The molecule has 1 atom stereocenters. The smallest absolute Gasteiger partial charge is 0.271 e. The zero-order valence-corrected chi connectivity index (χ0v) is 10.6. The van der Waals surface area contributed by atoms with Crippen molar-refractivity contribution in [3.8, 4) is 0 Å². The molecule has 0 bridgehead atoms. The maximum Gasteiger partial charge on any atom is 0.416 e. The van der Waals surface area contributed by atoms with Crippen LogP contribution in [0.5, 0.6) is 0 Å². The van der Waals surface area contributed by atoms with Crippen LogP contribution in [0.25, 0.3) is 0 Å². The molecule has 1 aromatic carbocycles. The van der Waals surface area contributed by atoms with E-state index in [4.69, 9.17) is 5.84 Å². The summed E-state index contributed by atoms with van der Waals surface area (Å²) in [5, 5.41) is 0. The first-order valence-corrected chi connectivity index (χ1v) is 5.95. The van der Waals surface area contributed by atoms with Gasteiger partial charge in [-0.3, -0.25) is 11.3 Å². The van der Waals surface area contributed by atoms with E-state index in [9.17, 15) is 13.2 Å². The van der Waals surface area contributed by atoms with Crippen LogP contribution in [0.3, 0.4) is 0 Å². The van der Waals surface area contributed by atoms with E-state index >= 15 is 0 Å². The third kappa shape index (κ3) is 4.66. The fraction of sp³-hybridized carbons (Fsp3) is 0.538. The predicted octanol–water partition coefficient (Wildman–Crippen LogP) is 3.13.